The summed E-state index contributed by atoms with van der Waals surface area (Å²) in [7, 11) is 0. The van der Waals surface area contributed by atoms with Crippen LogP contribution in [0.3, 0.4) is 0 Å². The second-order valence-electron chi connectivity index (χ2n) is 12.8. The fraction of sp³-hybridized carbons (Fsp3) is 0.0217. The van der Waals surface area contributed by atoms with Crippen molar-refractivity contribution in [2.24, 2.45) is 0 Å². The van der Waals surface area contributed by atoms with Gasteiger partial charge in [-0.05, 0) is 62.7 Å². The van der Waals surface area contributed by atoms with Crippen molar-refractivity contribution in [3.05, 3.63) is 198 Å². The Labute approximate surface area is 295 Å². The summed E-state index contributed by atoms with van der Waals surface area (Å²) in [5.41, 5.74) is 14.5. The molecule has 8 aromatic rings. The second-order valence-corrected chi connectivity index (χ2v) is 13.9. The monoisotopic (exact) mass is 655 g/mol. The van der Waals surface area contributed by atoms with Gasteiger partial charge in [0.25, 0.3) is 0 Å². The van der Waals surface area contributed by atoms with Gasteiger partial charge < -0.3 is 0 Å². The molecule has 10 rings (SSSR count). The molecule has 1 aromatic heterocycles. The summed E-state index contributed by atoms with van der Waals surface area (Å²) < 4.78 is 0. The van der Waals surface area contributed by atoms with Gasteiger partial charge in [0.05, 0.1) is 5.41 Å². The van der Waals surface area contributed by atoms with E-state index in [9.17, 15) is 0 Å². The number of hydrogen-bond acceptors (Lipinski definition) is 4. The maximum absolute atomic E-state index is 5.07. The zero-order chi connectivity index (χ0) is 33.1. The first-order chi connectivity index (χ1) is 24.8. The topological polar surface area (TPSA) is 38.7 Å². The molecule has 0 N–H and O–H groups in total. The first-order valence-electron chi connectivity index (χ1n) is 16.9. The fourth-order valence-electron chi connectivity index (χ4n) is 7.89. The van der Waals surface area contributed by atoms with Crippen LogP contribution in [0.25, 0.3) is 56.2 Å². The molecule has 2 heterocycles. The van der Waals surface area contributed by atoms with Gasteiger partial charge >= 0.3 is 0 Å². The van der Waals surface area contributed by atoms with Crippen molar-refractivity contribution < 1.29 is 0 Å². The molecule has 2 aliphatic rings. The standard InChI is InChI=1S/C46H29N3S/c1-3-13-31(14-4-1)44-43(47-45(49-48-44)33-15-5-2-6-16-33)32-25-23-30(24-26-32)34-27-28-38-36(29-34)35-17-7-8-18-37(35)46(38)39-19-9-11-21-41(39)50-42-22-12-10-20-40(42)46/h1-29H. The first-order valence-corrected chi connectivity index (χ1v) is 17.7. The highest BCUT2D eigenvalue weighted by Crippen LogP contribution is 2.62. The third kappa shape index (κ3) is 4.35. The van der Waals surface area contributed by atoms with Crippen molar-refractivity contribution in [2.45, 2.75) is 15.2 Å². The molecule has 7 aromatic carbocycles. The number of hydrogen-bond donors (Lipinski definition) is 0. The molecule has 0 unspecified atom stereocenters. The van der Waals surface area contributed by atoms with Crippen LogP contribution in [0.4, 0.5) is 0 Å². The maximum Gasteiger partial charge on any atom is 0.182 e. The lowest BCUT2D eigenvalue weighted by molar-refractivity contribution is 0.722. The molecule has 1 aliphatic heterocycles. The lowest BCUT2D eigenvalue weighted by Crippen LogP contribution is -2.31. The largest absolute Gasteiger partial charge is 0.224 e. The normalized spacial score (nSPS) is 13.3. The summed E-state index contributed by atoms with van der Waals surface area (Å²) in [6.45, 7) is 0. The Kier molecular flexibility index (Phi) is 6.64. The summed E-state index contributed by atoms with van der Waals surface area (Å²) in [4.78, 5) is 7.71. The summed E-state index contributed by atoms with van der Waals surface area (Å²) >= 11 is 1.88. The number of rotatable bonds is 4. The van der Waals surface area contributed by atoms with Gasteiger partial charge in [0.2, 0.25) is 0 Å². The fourth-order valence-corrected chi connectivity index (χ4v) is 9.08. The summed E-state index contributed by atoms with van der Waals surface area (Å²) in [6, 6.07) is 62.9. The van der Waals surface area contributed by atoms with Crippen molar-refractivity contribution >= 4 is 11.8 Å². The van der Waals surface area contributed by atoms with E-state index in [1.807, 2.05) is 60.3 Å². The van der Waals surface area contributed by atoms with Gasteiger partial charge in [-0.2, -0.15) is 0 Å². The summed E-state index contributed by atoms with van der Waals surface area (Å²) in [6.07, 6.45) is 0. The Bertz CT molecular complexity index is 2520. The average Bonchev–Trinajstić information content (AvgIpc) is 3.48. The lowest BCUT2D eigenvalue weighted by Gasteiger charge is -2.39. The molecule has 0 radical (unpaired) electrons. The molecule has 0 saturated carbocycles. The van der Waals surface area contributed by atoms with Gasteiger partial charge in [-0.15, -0.1) is 10.2 Å². The van der Waals surface area contributed by atoms with Crippen molar-refractivity contribution in [1.82, 2.24) is 15.2 Å². The summed E-state index contributed by atoms with van der Waals surface area (Å²) in [5, 5.41) is 9.23. The molecular weight excluding hydrogens is 627 g/mol. The van der Waals surface area contributed by atoms with Crippen LogP contribution in [0.15, 0.2) is 186 Å². The van der Waals surface area contributed by atoms with Crippen LogP contribution >= 0.6 is 11.8 Å². The minimum Gasteiger partial charge on any atom is -0.224 e. The molecule has 234 valence electrons. The predicted molar refractivity (Wildman–Crippen MR) is 203 cm³/mol. The van der Waals surface area contributed by atoms with E-state index in [0.717, 1.165) is 33.6 Å². The molecule has 1 spiro atoms. The SMILES string of the molecule is c1ccc(-c2nnc(-c3ccccc3)c(-c3ccc(-c4ccc5c(c4)-c4ccccc4C54c5ccccc5Sc5ccccc54)cc3)n2)cc1. The van der Waals surface area contributed by atoms with Crippen LogP contribution in [-0.4, -0.2) is 15.2 Å². The van der Waals surface area contributed by atoms with Crippen molar-refractivity contribution in [3.63, 3.8) is 0 Å². The van der Waals surface area contributed by atoms with E-state index < -0.39 is 0 Å². The zero-order valence-electron chi connectivity index (χ0n) is 27.0. The molecule has 0 amide bonds. The highest BCUT2D eigenvalue weighted by atomic mass is 32.2. The number of fused-ring (bicyclic) bond motifs is 9. The van der Waals surface area contributed by atoms with Crippen LogP contribution in [0.5, 0.6) is 0 Å². The van der Waals surface area contributed by atoms with Crippen molar-refractivity contribution in [2.75, 3.05) is 0 Å². The third-order valence-corrected chi connectivity index (χ3v) is 11.3. The van der Waals surface area contributed by atoms with Crippen molar-refractivity contribution in [3.8, 4) is 56.2 Å². The minimum atomic E-state index is -0.364. The van der Waals surface area contributed by atoms with Crippen LogP contribution in [0.1, 0.15) is 22.3 Å². The molecule has 1 aliphatic carbocycles. The van der Waals surface area contributed by atoms with E-state index in [1.54, 1.807) is 0 Å². The predicted octanol–water partition coefficient (Wildman–Crippen LogP) is 11.4. The molecule has 0 atom stereocenters. The van der Waals surface area contributed by atoms with Gasteiger partial charge in [0, 0.05) is 26.5 Å². The highest BCUT2D eigenvalue weighted by Gasteiger charge is 2.50. The quantitative estimate of drug-likeness (QED) is 0.189. The number of benzene rings is 7. The molecular formula is C46H29N3S. The summed E-state index contributed by atoms with van der Waals surface area (Å²) in [5.74, 6) is 0.611. The molecule has 0 saturated heterocycles. The van der Waals surface area contributed by atoms with Gasteiger partial charge in [-0.3, -0.25) is 0 Å². The van der Waals surface area contributed by atoms with E-state index >= 15 is 0 Å². The van der Waals surface area contributed by atoms with Gasteiger partial charge in [-0.1, -0.05) is 169 Å². The van der Waals surface area contributed by atoms with E-state index in [1.165, 1.54) is 48.7 Å². The van der Waals surface area contributed by atoms with Gasteiger partial charge in [-0.25, -0.2) is 4.98 Å². The van der Waals surface area contributed by atoms with E-state index in [-0.39, 0.29) is 5.41 Å². The van der Waals surface area contributed by atoms with Crippen LogP contribution in [-0.2, 0) is 5.41 Å². The highest BCUT2D eigenvalue weighted by molar-refractivity contribution is 7.99. The lowest BCUT2D eigenvalue weighted by atomic mass is 9.67. The van der Waals surface area contributed by atoms with Gasteiger partial charge in [0.1, 0.15) is 11.4 Å². The first kappa shape index (κ1) is 28.9. The molecule has 0 fully saturated rings. The van der Waals surface area contributed by atoms with Crippen LogP contribution < -0.4 is 0 Å². The Morgan fingerprint density at radius 3 is 1.58 bits per heavy atom. The zero-order valence-corrected chi connectivity index (χ0v) is 27.8. The smallest absolute Gasteiger partial charge is 0.182 e. The third-order valence-electron chi connectivity index (χ3n) is 10.1. The Hall–Kier alpha value is -6.10. The minimum absolute atomic E-state index is 0.364. The molecule has 0 bridgehead atoms. The molecule has 50 heavy (non-hydrogen) atoms. The number of nitrogens with zero attached hydrogens (tertiary/aromatic N) is 3. The van der Waals surface area contributed by atoms with Crippen LogP contribution in [0, 0.1) is 0 Å². The Balaban J connectivity index is 1.10. The van der Waals surface area contributed by atoms with Crippen LogP contribution in [0.2, 0.25) is 0 Å². The molecule has 3 nitrogen and oxygen atoms in total. The maximum atomic E-state index is 5.07. The molecule has 4 heteroatoms. The Morgan fingerprint density at radius 2 is 0.880 bits per heavy atom. The van der Waals surface area contributed by atoms with E-state index in [2.05, 4.69) is 132 Å². The average molecular weight is 656 g/mol. The Morgan fingerprint density at radius 1 is 0.360 bits per heavy atom. The second kappa shape index (κ2) is 11.5. The van der Waals surface area contributed by atoms with E-state index in [4.69, 9.17) is 10.1 Å². The van der Waals surface area contributed by atoms with Gasteiger partial charge in [0.15, 0.2) is 5.82 Å². The van der Waals surface area contributed by atoms with E-state index in [0.29, 0.717) is 5.82 Å². The number of aromatic nitrogens is 3. The van der Waals surface area contributed by atoms with Crippen molar-refractivity contribution in [1.29, 1.82) is 0 Å².